The molecule has 2 heterocycles. The van der Waals surface area contributed by atoms with E-state index in [0.717, 1.165) is 11.3 Å². The molecule has 3 aromatic rings. The van der Waals surface area contributed by atoms with Crippen LogP contribution in [0.4, 0.5) is 5.95 Å². The summed E-state index contributed by atoms with van der Waals surface area (Å²) in [6.45, 7) is 1.85. The number of anilines is 1. The molecular formula is C17H17N5O3. The van der Waals surface area contributed by atoms with E-state index in [0.29, 0.717) is 22.9 Å². The number of methoxy groups -OCH3 is 2. The highest BCUT2D eigenvalue weighted by molar-refractivity contribution is 6.03. The molecule has 0 unspecified atom stereocenters. The van der Waals surface area contributed by atoms with Gasteiger partial charge in [-0.3, -0.25) is 20.2 Å². The zero-order valence-corrected chi connectivity index (χ0v) is 14.0. The lowest BCUT2D eigenvalue weighted by molar-refractivity contribution is 0.102. The maximum absolute atomic E-state index is 12.2. The Morgan fingerprint density at radius 3 is 2.60 bits per heavy atom. The molecule has 0 spiro atoms. The third kappa shape index (κ3) is 3.57. The Hall–Kier alpha value is -3.42. The van der Waals surface area contributed by atoms with E-state index in [1.54, 1.807) is 38.5 Å². The summed E-state index contributed by atoms with van der Waals surface area (Å²) in [5, 5.41) is 9.43. The molecule has 0 aliphatic heterocycles. The molecule has 2 N–H and O–H groups in total. The van der Waals surface area contributed by atoms with Gasteiger partial charge < -0.3 is 9.47 Å². The molecule has 0 saturated heterocycles. The van der Waals surface area contributed by atoms with Gasteiger partial charge in [0.1, 0.15) is 0 Å². The van der Waals surface area contributed by atoms with Crippen molar-refractivity contribution < 1.29 is 14.3 Å². The first kappa shape index (κ1) is 16.4. The number of carbonyl (C=O) groups is 1. The van der Waals surface area contributed by atoms with E-state index in [9.17, 15) is 4.79 Å². The molecule has 8 heteroatoms. The number of H-pyrrole nitrogens is 1. The second-order valence-electron chi connectivity index (χ2n) is 5.22. The summed E-state index contributed by atoms with van der Waals surface area (Å²) in [5.41, 5.74) is 2.02. The number of carbonyl (C=O) groups excluding carboxylic acids is 1. The van der Waals surface area contributed by atoms with Gasteiger partial charge in [-0.05, 0) is 37.3 Å². The summed E-state index contributed by atoms with van der Waals surface area (Å²) in [4.78, 5) is 20.5. The van der Waals surface area contributed by atoms with Gasteiger partial charge in [-0.25, -0.2) is 0 Å². The number of aromatic amines is 1. The molecule has 0 aliphatic rings. The number of benzene rings is 1. The summed E-state index contributed by atoms with van der Waals surface area (Å²) in [7, 11) is 3.13. The van der Waals surface area contributed by atoms with Crippen molar-refractivity contribution in [2.75, 3.05) is 19.5 Å². The van der Waals surface area contributed by atoms with Crippen LogP contribution >= 0.6 is 0 Å². The van der Waals surface area contributed by atoms with E-state index in [4.69, 9.17) is 9.47 Å². The second kappa shape index (κ2) is 7.00. The van der Waals surface area contributed by atoms with Gasteiger partial charge in [0.05, 0.1) is 19.8 Å². The number of rotatable bonds is 5. The first-order chi connectivity index (χ1) is 12.1. The highest BCUT2D eigenvalue weighted by Crippen LogP contribution is 2.31. The zero-order chi connectivity index (χ0) is 17.8. The van der Waals surface area contributed by atoms with Crippen LogP contribution in [0.15, 0.2) is 36.5 Å². The van der Waals surface area contributed by atoms with Crippen LogP contribution in [0.2, 0.25) is 0 Å². The van der Waals surface area contributed by atoms with Gasteiger partial charge in [-0.15, -0.1) is 5.10 Å². The molecule has 2 aromatic heterocycles. The number of aryl methyl sites for hydroxylation is 1. The molecule has 1 aromatic carbocycles. The smallest absolute Gasteiger partial charge is 0.259 e. The van der Waals surface area contributed by atoms with Crippen LogP contribution in [-0.2, 0) is 0 Å². The van der Waals surface area contributed by atoms with Crippen molar-refractivity contribution in [2.45, 2.75) is 6.92 Å². The minimum absolute atomic E-state index is 0.176. The molecule has 0 aliphatic carbocycles. The maximum Gasteiger partial charge on any atom is 0.259 e. The van der Waals surface area contributed by atoms with Crippen molar-refractivity contribution in [3.05, 3.63) is 47.8 Å². The number of ether oxygens (including phenoxy) is 2. The Labute approximate surface area is 144 Å². The molecule has 0 bridgehead atoms. The van der Waals surface area contributed by atoms with E-state index in [1.807, 2.05) is 13.0 Å². The Morgan fingerprint density at radius 2 is 1.92 bits per heavy atom. The zero-order valence-electron chi connectivity index (χ0n) is 14.0. The van der Waals surface area contributed by atoms with Crippen molar-refractivity contribution in [1.82, 2.24) is 20.2 Å². The van der Waals surface area contributed by atoms with Gasteiger partial charge in [0.15, 0.2) is 17.3 Å². The largest absolute Gasteiger partial charge is 0.493 e. The van der Waals surface area contributed by atoms with Crippen LogP contribution < -0.4 is 14.8 Å². The van der Waals surface area contributed by atoms with E-state index in [2.05, 4.69) is 25.5 Å². The number of hydrogen-bond acceptors (Lipinski definition) is 6. The van der Waals surface area contributed by atoms with Crippen molar-refractivity contribution >= 4 is 11.9 Å². The summed E-state index contributed by atoms with van der Waals surface area (Å²) in [6.07, 6.45) is 1.51. The quantitative estimate of drug-likeness (QED) is 0.740. The molecule has 8 nitrogen and oxygen atoms in total. The van der Waals surface area contributed by atoms with Gasteiger partial charge in [-0.2, -0.15) is 4.98 Å². The highest BCUT2D eigenvalue weighted by Gasteiger charge is 2.13. The lowest BCUT2D eigenvalue weighted by Gasteiger charge is -2.07. The Kier molecular flexibility index (Phi) is 4.60. The molecule has 1 amide bonds. The third-order valence-electron chi connectivity index (χ3n) is 3.54. The lowest BCUT2D eigenvalue weighted by atomic mass is 10.2. The number of amides is 1. The van der Waals surface area contributed by atoms with Crippen molar-refractivity contribution in [3.8, 4) is 22.9 Å². The Balaban J connectivity index is 1.78. The third-order valence-corrected chi connectivity index (χ3v) is 3.54. The fourth-order valence-corrected chi connectivity index (χ4v) is 2.21. The summed E-state index contributed by atoms with van der Waals surface area (Å²) >= 11 is 0. The van der Waals surface area contributed by atoms with E-state index >= 15 is 0 Å². The SMILES string of the molecule is COc1ccc(-c2nc(NC(=O)c3ccc(C)nc3)n[nH]2)cc1OC. The van der Waals surface area contributed by atoms with Gasteiger partial charge in [0, 0.05) is 17.5 Å². The molecule has 0 atom stereocenters. The Bertz CT molecular complexity index is 890. The number of pyridine rings is 1. The number of nitrogens with one attached hydrogen (secondary N) is 2. The van der Waals surface area contributed by atoms with Gasteiger partial charge in [0.2, 0.25) is 5.95 Å². The predicted octanol–water partition coefficient (Wildman–Crippen LogP) is 2.44. The van der Waals surface area contributed by atoms with Crippen molar-refractivity contribution in [3.63, 3.8) is 0 Å². The minimum atomic E-state index is -0.328. The van der Waals surface area contributed by atoms with E-state index in [-0.39, 0.29) is 11.9 Å². The molecule has 0 fully saturated rings. The molecule has 25 heavy (non-hydrogen) atoms. The Morgan fingerprint density at radius 1 is 1.12 bits per heavy atom. The monoisotopic (exact) mass is 339 g/mol. The summed E-state index contributed by atoms with van der Waals surface area (Å²) < 4.78 is 10.5. The minimum Gasteiger partial charge on any atom is -0.493 e. The average Bonchev–Trinajstić information content (AvgIpc) is 3.10. The first-order valence-corrected chi connectivity index (χ1v) is 7.49. The van der Waals surface area contributed by atoms with Gasteiger partial charge in [-0.1, -0.05) is 0 Å². The second-order valence-corrected chi connectivity index (χ2v) is 5.22. The predicted molar refractivity (Wildman–Crippen MR) is 91.8 cm³/mol. The molecule has 0 saturated carbocycles. The van der Waals surface area contributed by atoms with E-state index in [1.165, 1.54) is 6.20 Å². The first-order valence-electron chi connectivity index (χ1n) is 7.49. The lowest BCUT2D eigenvalue weighted by Crippen LogP contribution is -2.13. The van der Waals surface area contributed by atoms with Crippen LogP contribution in [0.1, 0.15) is 16.1 Å². The highest BCUT2D eigenvalue weighted by atomic mass is 16.5. The number of aromatic nitrogens is 4. The molecule has 0 radical (unpaired) electrons. The van der Waals surface area contributed by atoms with Crippen LogP contribution in [0.3, 0.4) is 0 Å². The van der Waals surface area contributed by atoms with Crippen molar-refractivity contribution in [2.24, 2.45) is 0 Å². The molecular weight excluding hydrogens is 322 g/mol. The molecule has 3 rings (SSSR count). The van der Waals surface area contributed by atoms with Crippen molar-refractivity contribution in [1.29, 1.82) is 0 Å². The van der Waals surface area contributed by atoms with Gasteiger partial charge >= 0.3 is 0 Å². The number of hydrogen-bond donors (Lipinski definition) is 2. The standard InChI is InChI=1S/C17H17N5O3/c1-10-4-5-12(9-18-10)16(23)20-17-19-15(21-22-17)11-6-7-13(24-2)14(8-11)25-3/h4-9H,1-3H3,(H2,19,20,21,22,23). The summed E-state index contributed by atoms with van der Waals surface area (Å²) in [5.74, 6) is 1.54. The van der Waals surface area contributed by atoms with E-state index < -0.39 is 0 Å². The average molecular weight is 339 g/mol. The topological polar surface area (TPSA) is 102 Å². The fraction of sp³-hybridized carbons (Fsp3) is 0.176. The van der Waals surface area contributed by atoms with Crippen LogP contribution in [-0.4, -0.2) is 40.3 Å². The van der Waals surface area contributed by atoms with Gasteiger partial charge in [0.25, 0.3) is 5.91 Å². The van der Waals surface area contributed by atoms with Crippen LogP contribution in [0, 0.1) is 6.92 Å². The van der Waals surface area contributed by atoms with Crippen LogP contribution in [0.5, 0.6) is 11.5 Å². The summed E-state index contributed by atoms with van der Waals surface area (Å²) in [6, 6.07) is 8.82. The number of nitrogens with zero attached hydrogens (tertiary/aromatic N) is 3. The molecule has 128 valence electrons. The fourth-order valence-electron chi connectivity index (χ4n) is 2.21. The maximum atomic E-state index is 12.2. The normalized spacial score (nSPS) is 10.4. The van der Waals surface area contributed by atoms with Crippen LogP contribution in [0.25, 0.3) is 11.4 Å².